The van der Waals surface area contributed by atoms with Gasteiger partial charge in [0.05, 0.1) is 14.2 Å². The van der Waals surface area contributed by atoms with Gasteiger partial charge in [-0.2, -0.15) is 0 Å². The molecule has 15 heavy (non-hydrogen) atoms. The molecule has 82 valence electrons. The predicted molar refractivity (Wildman–Crippen MR) is 56.9 cm³/mol. The van der Waals surface area contributed by atoms with Crippen molar-refractivity contribution in [3.63, 3.8) is 0 Å². The summed E-state index contributed by atoms with van der Waals surface area (Å²) in [4.78, 5) is 11.2. The smallest absolute Gasteiger partial charge is 0.327 e. The number of ether oxygens (including phenoxy) is 2. The van der Waals surface area contributed by atoms with E-state index in [9.17, 15) is 4.79 Å². The largest absolute Gasteiger partial charge is 0.496 e. The van der Waals surface area contributed by atoms with Crippen LogP contribution in [0.15, 0.2) is 18.2 Å². The monoisotopic (exact) mass is 229 g/mol. The van der Waals surface area contributed by atoms with Crippen LogP contribution in [0.1, 0.15) is 11.6 Å². The fourth-order valence-corrected chi connectivity index (χ4v) is 1.38. The Balaban J connectivity index is 3.10. The lowest BCUT2D eigenvalue weighted by Crippen LogP contribution is -2.23. The van der Waals surface area contributed by atoms with Crippen LogP contribution < -0.4 is 10.5 Å². The number of carbonyl (C=O) groups excluding carboxylic acids is 1. The molecule has 0 saturated carbocycles. The van der Waals surface area contributed by atoms with Gasteiger partial charge in [-0.05, 0) is 18.2 Å². The van der Waals surface area contributed by atoms with Gasteiger partial charge in [-0.3, -0.25) is 4.79 Å². The third kappa shape index (κ3) is 2.61. The average Bonchev–Trinajstić information content (AvgIpc) is 2.27. The molecule has 0 amide bonds. The van der Waals surface area contributed by atoms with Crippen molar-refractivity contribution in [1.29, 1.82) is 0 Å². The van der Waals surface area contributed by atoms with Gasteiger partial charge in [0.15, 0.2) is 0 Å². The van der Waals surface area contributed by atoms with Gasteiger partial charge in [-0.25, -0.2) is 0 Å². The summed E-state index contributed by atoms with van der Waals surface area (Å²) in [5.74, 6) is -0.0205. The Bertz CT molecular complexity index is 368. The molecule has 0 saturated heterocycles. The van der Waals surface area contributed by atoms with E-state index in [4.69, 9.17) is 22.1 Å². The molecule has 0 bridgehead atoms. The van der Waals surface area contributed by atoms with E-state index in [1.165, 1.54) is 14.2 Å². The minimum atomic E-state index is -0.886. The van der Waals surface area contributed by atoms with Crippen molar-refractivity contribution in [2.75, 3.05) is 14.2 Å². The summed E-state index contributed by atoms with van der Waals surface area (Å²) in [6.07, 6.45) is 0. The molecule has 4 nitrogen and oxygen atoms in total. The van der Waals surface area contributed by atoms with Crippen LogP contribution in [0.4, 0.5) is 0 Å². The Morgan fingerprint density at radius 1 is 1.47 bits per heavy atom. The number of benzene rings is 1. The number of methoxy groups -OCH3 is 2. The third-order valence-electron chi connectivity index (χ3n) is 1.98. The highest BCUT2D eigenvalue weighted by Gasteiger charge is 2.20. The lowest BCUT2D eigenvalue weighted by Gasteiger charge is -2.13. The van der Waals surface area contributed by atoms with Gasteiger partial charge in [0, 0.05) is 10.6 Å². The number of hydrogen-bond donors (Lipinski definition) is 1. The fraction of sp³-hybridized carbons (Fsp3) is 0.300. The predicted octanol–water partition coefficient (Wildman–Crippen LogP) is 1.52. The molecule has 5 heteroatoms. The van der Waals surface area contributed by atoms with E-state index in [0.29, 0.717) is 16.3 Å². The first-order valence-corrected chi connectivity index (χ1v) is 4.64. The molecule has 0 aromatic heterocycles. The van der Waals surface area contributed by atoms with Crippen LogP contribution in [0, 0.1) is 0 Å². The lowest BCUT2D eigenvalue weighted by molar-refractivity contribution is -0.142. The molecule has 0 fully saturated rings. The molecule has 1 aromatic rings. The number of esters is 1. The summed E-state index contributed by atoms with van der Waals surface area (Å²) in [5.41, 5.74) is 6.19. The van der Waals surface area contributed by atoms with E-state index in [1.54, 1.807) is 18.2 Å². The van der Waals surface area contributed by atoms with E-state index < -0.39 is 12.0 Å². The maximum Gasteiger partial charge on any atom is 0.327 e. The summed E-state index contributed by atoms with van der Waals surface area (Å²) in [7, 11) is 2.77. The number of hydrogen-bond acceptors (Lipinski definition) is 4. The van der Waals surface area contributed by atoms with E-state index in [-0.39, 0.29) is 0 Å². The molecule has 1 rings (SSSR count). The number of halogens is 1. The first kappa shape index (κ1) is 11.8. The zero-order chi connectivity index (χ0) is 11.4. The van der Waals surface area contributed by atoms with E-state index in [0.717, 1.165) is 0 Å². The molecule has 0 aliphatic heterocycles. The topological polar surface area (TPSA) is 61.5 Å². The van der Waals surface area contributed by atoms with Gasteiger partial charge in [-0.15, -0.1) is 0 Å². The first-order chi connectivity index (χ1) is 7.10. The van der Waals surface area contributed by atoms with Gasteiger partial charge >= 0.3 is 5.97 Å². The molecule has 0 spiro atoms. The van der Waals surface area contributed by atoms with Crippen molar-refractivity contribution in [3.05, 3.63) is 28.8 Å². The lowest BCUT2D eigenvalue weighted by atomic mass is 10.1. The van der Waals surface area contributed by atoms with Gasteiger partial charge in [-0.1, -0.05) is 11.6 Å². The van der Waals surface area contributed by atoms with Crippen molar-refractivity contribution < 1.29 is 14.3 Å². The van der Waals surface area contributed by atoms with E-state index in [1.807, 2.05) is 0 Å². The maximum atomic E-state index is 11.2. The summed E-state index contributed by atoms with van der Waals surface area (Å²) in [5, 5.41) is 0.491. The molecular weight excluding hydrogens is 218 g/mol. The van der Waals surface area contributed by atoms with Gasteiger partial charge in [0.25, 0.3) is 0 Å². The zero-order valence-corrected chi connectivity index (χ0v) is 9.25. The molecule has 0 unspecified atom stereocenters. The molecule has 1 aromatic carbocycles. The Morgan fingerprint density at radius 2 is 2.13 bits per heavy atom. The van der Waals surface area contributed by atoms with Crippen molar-refractivity contribution in [1.82, 2.24) is 0 Å². The first-order valence-electron chi connectivity index (χ1n) is 4.27. The van der Waals surface area contributed by atoms with Crippen LogP contribution in [-0.2, 0) is 9.53 Å². The van der Waals surface area contributed by atoms with E-state index in [2.05, 4.69) is 4.74 Å². The minimum absolute atomic E-state index is 0.491. The molecule has 0 radical (unpaired) electrons. The highest BCUT2D eigenvalue weighted by molar-refractivity contribution is 6.30. The number of rotatable bonds is 3. The Hall–Kier alpha value is -1.26. The maximum absolute atomic E-state index is 11.2. The standard InChI is InChI=1S/C10H12ClNO3/c1-14-8-4-3-6(11)5-7(8)9(12)10(13)15-2/h3-5,9H,12H2,1-2H3/t9-/m0/s1. The van der Waals surface area contributed by atoms with Crippen LogP contribution in [0.2, 0.25) is 5.02 Å². The van der Waals surface area contributed by atoms with Crippen molar-refractivity contribution >= 4 is 17.6 Å². The average molecular weight is 230 g/mol. The number of nitrogens with two attached hydrogens (primary N) is 1. The van der Waals surface area contributed by atoms with Crippen molar-refractivity contribution in [2.45, 2.75) is 6.04 Å². The molecular formula is C10H12ClNO3. The Morgan fingerprint density at radius 3 is 2.67 bits per heavy atom. The molecule has 0 heterocycles. The molecule has 0 aliphatic rings. The van der Waals surface area contributed by atoms with Crippen LogP contribution in [0.3, 0.4) is 0 Å². The summed E-state index contributed by atoms with van der Waals surface area (Å²) < 4.78 is 9.61. The third-order valence-corrected chi connectivity index (χ3v) is 2.22. The minimum Gasteiger partial charge on any atom is -0.496 e. The summed E-state index contributed by atoms with van der Waals surface area (Å²) >= 11 is 5.80. The zero-order valence-electron chi connectivity index (χ0n) is 8.49. The highest BCUT2D eigenvalue weighted by Crippen LogP contribution is 2.27. The Labute approximate surface area is 92.9 Å². The quantitative estimate of drug-likeness (QED) is 0.799. The summed E-state index contributed by atoms with van der Waals surface area (Å²) in [6, 6.07) is 4.01. The fourth-order valence-electron chi connectivity index (χ4n) is 1.20. The van der Waals surface area contributed by atoms with Crippen LogP contribution in [-0.4, -0.2) is 20.2 Å². The van der Waals surface area contributed by atoms with Gasteiger partial charge < -0.3 is 15.2 Å². The second-order valence-corrected chi connectivity index (χ2v) is 3.32. The molecule has 0 aliphatic carbocycles. The van der Waals surface area contributed by atoms with Crippen LogP contribution in [0.5, 0.6) is 5.75 Å². The van der Waals surface area contributed by atoms with Crippen molar-refractivity contribution in [2.24, 2.45) is 5.73 Å². The second-order valence-electron chi connectivity index (χ2n) is 2.89. The van der Waals surface area contributed by atoms with Crippen LogP contribution >= 0.6 is 11.6 Å². The number of carbonyl (C=O) groups is 1. The molecule has 1 atom stereocenters. The van der Waals surface area contributed by atoms with Crippen molar-refractivity contribution in [3.8, 4) is 5.75 Å². The normalized spacial score (nSPS) is 12.0. The van der Waals surface area contributed by atoms with Gasteiger partial charge in [0.2, 0.25) is 0 Å². The highest BCUT2D eigenvalue weighted by atomic mass is 35.5. The summed E-state index contributed by atoms with van der Waals surface area (Å²) in [6.45, 7) is 0. The van der Waals surface area contributed by atoms with Gasteiger partial charge in [0.1, 0.15) is 11.8 Å². The Kier molecular flexibility index (Phi) is 3.94. The molecule has 2 N–H and O–H groups in total. The van der Waals surface area contributed by atoms with Crippen LogP contribution in [0.25, 0.3) is 0 Å². The van der Waals surface area contributed by atoms with E-state index >= 15 is 0 Å². The SMILES string of the molecule is COC(=O)[C@@H](N)c1cc(Cl)ccc1OC. The second kappa shape index (κ2) is 5.00.